The number of hydrogen-bond acceptors (Lipinski definition) is 5. The molecule has 8 heteroatoms. The highest BCUT2D eigenvalue weighted by molar-refractivity contribution is 5.95. The van der Waals surface area contributed by atoms with Crippen LogP contribution in [0.2, 0.25) is 0 Å². The molecule has 2 heterocycles. The minimum Gasteiger partial charge on any atom is -0.487 e. The van der Waals surface area contributed by atoms with Gasteiger partial charge < -0.3 is 14.2 Å². The van der Waals surface area contributed by atoms with Crippen molar-refractivity contribution in [3.8, 4) is 5.75 Å². The van der Waals surface area contributed by atoms with Crippen LogP contribution in [0.1, 0.15) is 53.1 Å². The summed E-state index contributed by atoms with van der Waals surface area (Å²) >= 11 is 0. The molecule has 0 radical (unpaired) electrons. The van der Waals surface area contributed by atoms with E-state index in [1.807, 2.05) is 12.1 Å². The fourth-order valence-corrected chi connectivity index (χ4v) is 4.50. The molecule has 2 fully saturated rings. The Labute approximate surface area is 189 Å². The van der Waals surface area contributed by atoms with Crippen LogP contribution in [-0.4, -0.2) is 53.6 Å². The molecule has 1 aromatic carbocycles. The summed E-state index contributed by atoms with van der Waals surface area (Å²) in [6, 6.07) is 5.43. The number of likely N-dealkylation sites (tertiary alicyclic amines) is 1. The third-order valence-corrected chi connectivity index (χ3v) is 6.25. The van der Waals surface area contributed by atoms with Crippen molar-refractivity contribution >= 4 is 18.3 Å². The number of carbonyl (C=O) groups excluding carboxylic acids is 1. The average Bonchev–Trinajstić information content (AvgIpc) is 3.31. The van der Waals surface area contributed by atoms with E-state index in [9.17, 15) is 9.18 Å². The molecule has 1 saturated heterocycles. The minimum atomic E-state index is -0.237. The molecule has 1 saturated carbocycles. The molecule has 2 aromatic rings. The number of hydrogen-bond donors (Lipinski definition) is 0. The number of halogens is 2. The van der Waals surface area contributed by atoms with Crippen molar-refractivity contribution in [2.24, 2.45) is 5.92 Å². The molecule has 170 valence electrons. The molecule has 1 amide bonds. The second-order valence-corrected chi connectivity index (χ2v) is 8.67. The van der Waals surface area contributed by atoms with Gasteiger partial charge in [0, 0.05) is 25.7 Å². The Bertz CT molecular complexity index is 888. The zero-order valence-corrected chi connectivity index (χ0v) is 19.2. The van der Waals surface area contributed by atoms with Gasteiger partial charge in [0.05, 0.1) is 11.8 Å². The first kappa shape index (κ1) is 23.5. The number of carbonyl (C=O) groups is 1. The molecule has 31 heavy (non-hydrogen) atoms. The molecule has 1 aliphatic carbocycles. The molecule has 0 atom stereocenters. The highest BCUT2D eigenvalue weighted by atomic mass is 35.5. The van der Waals surface area contributed by atoms with Crippen LogP contribution in [0.4, 0.5) is 4.39 Å². The number of aromatic nitrogens is 1. The zero-order valence-electron chi connectivity index (χ0n) is 18.4. The Hall–Kier alpha value is -2.12. The third kappa shape index (κ3) is 5.21. The number of ether oxygens (including phenoxy) is 1. The quantitative estimate of drug-likeness (QED) is 0.625. The molecule has 0 N–H and O–H groups in total. The third-order valence-electron chi connectivity index (χ3n) is 6.25. The van der Waals surface area contributed by atoms with E-state index in [0.29, 0.717) is 47.3 Å². The van der Waals surface area contributed by atoms with Gasteiger partial charge in [0.25, 0.3) is 5.91 Å². The van der Waals surface area contributed by atoms with Crippen molar-refractivity contribution in [1.82, 2.24) is 15.0 Å². The smallest absolute Gasteiger partial charge is 0.259 e. The SMILES string of the molecule is Cc1noc(C)c1C(=O)N(C)C[C@H]1C[C@H](Oc2cccc(CN3CCCC3)c2F)C1.Cl. The number of nitrogens with zero attached hydrogens (tertiary/aromatic N) is 3. The van der Waals surface area contributed by atoms with Crippen molar-refractivity contribution in [3.05, 3.63) is 46.6 Å². The van der Waals surface area contributed by atoms with Crippen molar-refractivity contribution in [3.63, 3.8) is 0 Å². The highest BCUT2D eigenvalue weighted by Crippen LogP contribution is 2.34. The topological polar surface area (TPSA) is 58.8 Å². The van der Waals surface area contributed by atoms with Gasteiger partial charge in [-0.1, -0.05) is 17.3 Å². The van der Waals surface area contributed by atoms with Gasteiger partial charge in [-0.05, 0) is 64.6 Å². The van der Waals surface area contributed by atoms with Crippen molar-refractivity contribution in [2.75, 3.05) is 26.7 Å². The van der Waals surface area contributed by atoms with Crippen LogP contribution >= 0.6 is 12.4 Å². The highest BCUT2D eigenvalue weighted by Gasteiger charge is 2.34. The van der Waals surface area contributed by atoms with Gasteiger partial charge >= 0.3 is 0 Å². The van der Waals surface area contributed by atoms with Crippen LogP contribution < -0.4 is 4.74 Å². The maximum Gasteiger partial charge on any atom is 0.259 e. The van der Waals surface area contributed by atoms with Crippen LogP contribution in [0.5, 0.6) is 5.75 Å². The van der Waals surface area contributed by atoms with Crippen LogP contribution in [-0.2, 0) is 6.54 Å². The summed E-state index contributed by atoms with van der Waals surface area (Å²) in [4.78, 5) is 16.7. The summed E-state index contributed by atoms with van der Waals surface area (Å²) in [6.45, 7) is 6.88. The molecular weight excluding hydrogens is 421 g/mol. The maximum atomic E-state index is 14.9. The summed E-state index contributed by atoms with van der Waals surface area (Å²) in [5.41, 5.74) is 1.86. The second kappa shape index (κ2) is 10.0. The molecule has 0 unspecified atom stereocenters. The lowest BCUT2D eigenvalue weighted by Gasteiger charge is -2.37. The van der Waals surface area contributed by atoms with Crippen molar-refractivity contribution in [2.45, 2.75) is 52.2 Å². The summed E-state index contributed by atoms with van der Waals surface area (Å²) < 4.78 is 25.9. The second-order valence-electron chi connectivity index (χ2n) is 8.67. The van der Waals surface area contributed by atoms with Gasteiger partial charge in [-0.3, -0.25) is 9.69 Å². The standard InChI is InChI=1S/C23H30FN3O3.ClH/c1-15-21(16(2)30-25-15)23(28)26(3)13-17-11-19(12-17)29-20-8-6-7-18(22(20)24)14-27-9-4-5-10-27;/h6-8,17,19H,4-5,9-14H2,1-3H3;1H/t17-,19-;. The van der Waals surface area contributed by atoms with Gasteiger partial charge in [-0.2, -0.15) is 0 Å². The van der Waals surface area contributed by atoms with E-state index in [1.54, 1.807) is 31.9 Å². The number of rotatable bonds is 7. The molecule has 1 aliphatic heterocycles. The van der Waals surface area contributed by atoms with E-state index in [-0.39, 0.29) is 30.2 Å². The van der Waals surface area contributed by atoms with Crippen LogP contribution in [0.15, 0.2) is 22.7 Å². The van der Waals surface area contributed by atoms with Crippen LogP contribution in [0.25, 0.3) is 0 Å². The normalized spacial score (nSPS) is 20.8. The molecule has 0 bridgehead atoms. The monoisotopic (exact) mass is 451 g/mol. The Balaban J connectivity index is 0.00000272. The molecule has 2 aliphatic rings. The Morgan fingerprint density at radius 3 is 2.65 bits per heavy atom. The fraction of sp³-hybridized carbons (Fsp3) is 0.565. The van der Waals surface area contributed by atoms with E-state index in [0.717, 1.165) is 25.9 Å². The lowest BCUT2D eigenvalue weighted by atomic mass is 9.82. The molecule has 6 nitrogen and oxygen atoms in total. The van der Waals surface area contributed by atoms with E-state index in [4.69, 9.17) is 9.26 Å². The Kier molecular flexibility index (Phi) is 7.59. The van der Waals surface area contributed by atoms with Crippen molar-refractivity contribution in [1.29, 1.82) is 0 Å². The predicted molar refractivity (Wildman–Crippen MR) is 118 cm³/mol. The first-order chi connectivity index (χ1) is 14.4. The number of aryl methyl sites for hydroxylation is 2. The summed E-state index contributed by atoms with van der Waals surface area (Å²) in [7, 11) is 1.80. The summed E-state index contributed by atoms with van der Waals surface area (Å²) in [5.74, 6) is 0.925. The van der Waals surface area contributed by atoms with Crippen molar-refractivity contribution < 1.29 is 18.4 Å². The van der Waals surface area contributed by atoms with E-state index < -0.39 is 0 Å². The molecule has 0 spiro atoms. The maximum absolute atomic E-state index is 14.9. The fourth-order valence-electron chi connectivity index (χ4n) is 4.50. The summed E-state index contributed by atoms with van der Waals surface area (Å²) in [5, 5.41) is 3.86. The molecule has 1 aromatic heterocycles. The molecular formula is C23H31ClFN3O3. The number of benzene rings is 1. The lowest BCUT2D eigenvalue weighted by Crippen LogP contribution is -2.42. The Morgan fingerprint density at radius 1 is 1.29 bits per heavy atom. The number of amides is 1. The van der Waals surface area contributed by atoms with E-state index >= 15 is 0 Å². The van der Waals surface area contributed by atoms with E-state index in [1.165, 1.54) is 12.8 Å². The van der Waals surface area contributed by atoms with Gasteiger partial charge in [-0.25, -0.2) is 4.39 Å². The van der Waals surface area contributed by atoms with Crippen LogP contribution in [0.3, 0.4) is 0 Å². The average molecular weight is 452 g/mol. The first-order valence-electron chi connectivity index (χ1n) is 10.8. The molecule has 4 rings (SSSR count). The lowest BCUT2D eigenvalue weighted by molar-refractivity contribution is 0.0396. The van der Waals surface area contributed by atoms with Gasteiger partial charge in [0.15, 0.2) is 11.6 Å². The van der Waals surface area contributed by atoms with E-state index in [2.05, 4.69) is 10.1 Å². The Morgan fingerprint density at radius 2 is 2.00 bits per heavy atom. The van der Waals surface area contributed by atoms with Gasteiger partial charge in [0.1, 0.15) is 11.3 Å². The van der Waals surface area contributed by atoms with Gasteiger partial charge in [0.2, 0.25) is 0 Å². The summed E-state index contributed by atoms with van der Waals surface area (Å²) in [6.07, 6.45) is 4.00. The largest absolute Gasteiger partial charge is 0.487 e. The van der Waals surface area contributed by atoms with Gasteiger partial charge in [-0.15, -0.1) is 12.4 Å². The zero-order chi connectivity index (χ0) is 21.3. The minimum absolute atomic E-state index is 0. The first-order valence-corrected chi connectivity index (χ1v) is 10.8. The van der Waals surface area contributed by atoms with Crippen LogP contribution in [0, 0.1) is 25.6 Å². The predicted octanol–water partition coefficient (Wildman–Crippen LogP) is 4.38.